The quantitative estimate of drug-likeness (QED) is 0.468. The van der Waals surface area contributed by atoms with Crippen molar-refractivity contribution in [3.63, 3.8) is 0 Å². The average Bonchev–Trinajstić information content (AvgIpc) is 1.91. The molecule has 0 aromatic heterocycles. The van der Waals surface area contributed by atoms with E-state index in [1.54, 1.807) is 0 Å². The molecule has 10 heavy (non-hydrogen) atoms. The van der Waals surface area contributed by atoms with E-state index in [1.807, 2.05) is 18.2 Å². The van der Waals surface area contributed by atoms with Crippen molar-refractivity contribution in [2.75, 3.05) is 5.88 Å². The van der Waals surface area contributed by atoms with Crippen LogP contribution in [0.4, 0.5) is 0 Å². The summed E-state index contributed by atoms with van der Waals surface area (Å²) in [6.07, 6.45) is 0.975. The summed E-state index contributed by atoms with van der Waals surface area (Å²) >= 11 is 5.54. The molecule has 0 spiro atoms. The Kier molecular flexibility index (Phi) is 6.18. The molecule has 1 aromatic rings. The number of rotatable bonds is 2. The van der Waals surface area contributed by atoms with E-state index < -0.39 is 0 Å². The van der Waals surface area contributed by atoms with Crippen LogP contribution in [-0.2, 0) is 6.42 Å². The molecular weight excluding hydrogens is 156 g/mol. The second kappa shape index (κ2) is 6.02. The smallest absolute Gasteiger partial charge is 1.00 e. The summed E-state index contributed by atoms with van der Waals surface area (Å²) in [5.74, 6) is 0.712. The van der Waals surface area contributed by atoms with Crippen molar-refractivity contribution in [1.82, 2.24) is 0 Å². The topological polar surface area (TPSA) is 0 Å². The molecule has 2 heteroatoms. The Labute approximate surface area is 85.7 Å². The molecule has 0 bridgehead atoms. The molecule has 0 atom stereocenters. The van der Waals surface area contributed by atoms with Gasteiger partial charge in [0.2, 0.25) is 0 Å². The zero-order valence-corrected chi connectivity index (χ0v) is 8.06. The molecule has 0 amide bonds. The van der Waals surface area contributed by atoms with Crippen molar-refractivity contribution in [2.24, 2.45) is 0 Å². The van der Waals surface area contributed by atoms with E-state index >= 15 is 0 Å². The monoisotopic (exact) mass is 166 g/mol. The van der Waals surface area contributed by atoms with Gasteiger partial charge in [-0.25, -0.2) is 0 Å². The van der Waals surface area contributed by atoms with Crippen LogP contribution >= 0.6 is 11.6 Å². The van der Waals surface area contributed by atoms with E-state index in [0.29, 0.717) is 5.88 Å². The third-order valence-corrected chi connectivity index (χ3v) is 1.41. The van der Waals surface area contributed by atoms with Crippen molar-refractivity contribution in [2.45, 2.75) is 6.42 Å². The van der Waals surface area contributed by atoms with Gasteiger partial charge in [-0.1, -0.05) is 30.3 Å². The summed E-state index contributed by atoms with van der Waals surface area (Å²) in [5.41, 5.74) is 1.31. The van der Waals surface area contributed by atoms with Gasteiger partial charge in [-0.2, -0.15) is 0 Å². The Morgan fingerprint density at radius 2 is 1.80 bits per heavy atom. The first kappa shape index (κ1) is 10.3. The minimum atomic E-state index is 0. The van der Waals surface area contributed by atoms with Crippen LogP contribution in [0.15, 0.2) is 30.3 Å². The first-order valence-electron chi connectivity index (χ1n) is 3.03. The van der Waals surface area contributed by atoms with Crippen LogP contribution in [-0.4, -0.2) is 28.9 Å². The van der Waals surface area contributed by atoms with Crippen LogP contribution in [0.1, 0.15) is 8.42 Å². The standard InChI is InChI=1S/C8H9Cl.Mg.2H/c9-7-6-8-4-2-1-3-5-8;;;/h1-5H,6-7H2;;;/q;+2;2*-1. The Balaban J connectivity index is -0.000000270. The predicted molar refractivity (Wildman–Crippen MR) is 48.8 cm³/mol. The molecule has 0 nitrogen and oxygen atoms in total. The molecule has 1 aromatic carbocycles. The van der Waals surface area contributed by atoms with E-state index in [9.17, 15) is 0 Å². The Hall–Kier alpha value is 0.276. The first-order valence-corrected chi connectivity index (χ1v) is 3.57. The van der Waals surface area contributed by atoms with Crippen LogP contribution in [0.2, 0.25) is 0 Å². The number of hydrogen-bond donors (Lipinski definition) is 0. The molecule has 0 unspecified atom stereocenters. The molecule has 0 N–H and O–H groups in total. The molecule has 0 saturated carbocycles. The normalized spacial score (nSPS) is 8.50. The van der Waals surface area contributed by atoms with E-state index in [4.69, 9.17) is 11.6 Å². The fourth-order valence-corrected chi connectivity index (χ4v) is 0.972. The molecule has 0 heterocycles. The molecule has 0 radical (unpaired) electrons. The molecule has 0 fully saturated rings. The van der Waals surface area contributed by atoms with Gasteiger partial charge < -0.3 is 2.85 Å². The second-order valence-electron chi connectivity index (χ2n) is 1.92. The van der Waals surface area contributed by atoms with E-state index in [-0.39, 0.29) is 25.9 Å². The van der Waals surface area contributed by atoms with Gasteiger partial charge in [0, 0.05) is 5.88 Å². The molecule has 0 aliphatic heterocycles. The van der Waals surface area contributed by atoms with E-state index in [0.717, 1.165) is 6.42 Å². The van der Waals surface area contributed by atoms with Crippen LogP contribution in [0.25, 0.3) is 0 Å². The van der Waals surface area contributed by atoms with Crippen LogP contribution < -0.4 is 0 Å². The third-order valence-electron chi connectivity index (χ3n) is 1.23. The summed E-state index contributed by atoms with van der Waals surface area (Å²) in [4.78, 5) is 0. The average molecular weight is 167 g/mol. The summed E-state index contributed by atoms with van der Waals surface area (Å²) in [6, 6.07) is 10.2. The van der Waals surface area contributed by atoms with Gasteiger partial charge in [0.1, 0.15) is 0 Å². The Bertz CT molecular complexity index is 170. The summed E-state index contributed by atoms with van der Waals surface area (Å²) in [6.45, 7) is 0. The SMILES string of the molecule is ClCCc1ccccc1.[H-].[H-].[Mg+2]. The number of aryl methyl sites for hydroxylation is 1. The molecule has 0 aliphatic carbocycles. The largest absolute Gasteiger partial charge is 2.00 e. The zero-order valence-electron chi connectivity index (χ0n) is 7.89. The van der Waals surface area contributed by atoms with Crippen molar-refractivity contribution in [3.05, 3.63) is 35.9 Å². The zero-order chi connectivity index (χ0) is 6.53. The maximum atomic E-state index is 5.54. The Morgan fingerprint density at radius 1 is 1.20 bits per heavy atom. The summed E-state index contributed by atoms with van der Waals surface area (Å²) < 4.78 is 0. The molecule has 1 rings (SSSR count). The first-order chi connectivity index (χ1) is 4.43. The van der Waals surface area contributed by atoms with Crippen molar-refractivity contribution in [3.8, 4) is 0 Å². The molecule has 0 saturated heterocycles. The van der Waals surface area contributed by atoms with Gasteiger partial charge >= 0.3 is 23.1 Å². The summed E-state index contributed by atoms with van der Waals surface area (Å²) in [7, 11) is 0. The molecular formula is C8H11ClMg. The van der Waals surface area contributed by atoms with Crippen LogP contribution in [0.3, 0.4) is 0 Å². The molecule has 0 aliphatic rings. The second-order valence-corrected chi connectivity index (χ2v) is 2.30. The molecule has 52 valence electrons. The van der Waals surface area contributed by atoms with Crippen molar-refractivity contribution >= 4 is 34.7 Å². The van der Waals surface area contributed by atoms with E-state index in [1.165, 1.54) is 5.56 Å². The number of hydrogen-bond acceptors (Lipinski definition) is 0. The maximum absolute atomic E-state index is 5.54. The van der Waals surface area contributed by atoms with Crippen molar-refractivity contribution in [1.29, 1.82) is 0 Å². The van der Waals surface area contributed by atoms with Crippen LogP contribution in [0.5, 0.6) is 0 Å². The number of halogens is 1. The minimum absolute atomic E-state index is 0. The number of alkyl halides is 1. The number of benzene rings is 1. The maximum Gasteiger partial charge on any atom is 2.00 e. The minimum Gasteiger partial charge on any atom is -1.00 e. The fraction of sp³-hybridized carbons (Fsp3) is 0.250. The van der Waals surface area contributed by atoms with Gasteiger partial charge in [-0.05, 0) is 12.0 Å². The van der Waals surface area contributed by atoms with Gasteiger partial charge in [0.15, 0.2) is 0 Å². The van der Waals surface area contributed by atoms with Gasteiger partial charge in [-0.3, -0.25) is 0 Å². The van der Waals surface area contributed by atoms with Gasteiger partial charge in [-0.15, -0.1) is 11.6 Å². The third kappa shape index (κ3) is 3.45. The van der Waals surface area contributed by atoms with Crippen LogP contribution in [0, 0.1) is 0 Å². The van der Waals surface area contributed by atoms with Crippen molar-refractivity contribution < 1.29 is 2.85 Å². The fourth-order valence-electron chi connectivity index (χ4n) is 0.754. The van der Waals surface area contributed by atoms with Gasteiger partial charge in [0.25, 0.3) is 0 Å². The van der Waals surface area contributed by atoms with Gasteiger partial charge in [0.05, 0.1) is 0 Å². The Morgan fingerprint density at radius 3 is 2.30 bits per heavy atom. The predicted octanol–water partition coefficient (Wildman–Crippen LogP) is 2.31. The van der Waals surface area contributed by atoms with E-state index in [2.05, 4.69) is 12.1 Å². The summed E-state index contributed by atoms with van der Waals surface area (Å²) in [5, 5.41) is 0.